The highest BCUT2D eigenvalue weighted by molar-refractivity contribution is 9.10. The van der Waals surface area contributed by atoms with Crippen LogP contribution in [0.1, 0.15) is 31.1 Å². The van der Waals surface area contributed by atoms with E-state index in [-0.39, 0.29) is 22.1 Å². The summed E-state index contributed by atoms with van der Waals surface area (Å²) in [6.07, 6.45) is 0. The van der Waals surface area contributed by atoms with E-state index >= 15 is 0 Å². The third-order valence-electron chi connectivity index (χ3n) is 2.61. The molecule has 1 N–H and O–H groups in total. The van der Waals surface area contributed by atoms with Crippen molar-refractivity contribution in [1.82, 2.24) is 5.32 Å². The number of carbonyl (C=O) groups excluding carboxylic acids is 1. The molecule has 0 saturated heterocycles. The topological polar surface area (TPSA) is 29.1 Å². The minimum atomic E-state index is -0.384. The fourth-order valence-corrected chi connectivity index (χ4v) is 1.78. The van der Waals surface area contributed by atoms with Crippen molar-refractivity contribution in [2.45, 2.75) is 31.1 Å². The van der Waals surface area contributed by atoms with Gasteiger partial charge >= 0.3 is 0 Å². The van der Waals surface area contributed by atoms with Gasteiger partial charge in [-0.1, -0.05) is 22.9 Å². The summed E-state index contributed by atoms with van der Waals surface area (Å²) in [4.78, 5) is 12.1. The van der Waals surface area contributed by atoms with Gasteiger partial charge in [-0.15, -0.1) is 0 Å². The first kappa shape index (κ1) is 14.6. The number of amides is 1. The molecule has 0 spiro atoms. The summed E-state index contributed by atoms with van der Waals surface area (Å²) in [5.41, 5.74) is 0.0397. The minimum absolute atomic E-state index is 0.123. The lowest BCUT2D eigenvalue weighted by molar-refractivity contribution is 0.0913. The first-order valence-electron chi connectivity index (χ1n) is 5.15. The lowest BCUT2D eigenvalue weighted by atomic mass is 10.0. The summed E-state index contributed by atoms with van der Waals surface area (Å²) in [5, 5.41) is 2.89. The van der Waals surface area contributed by atoms with Gasteiger partial charge < -0.3 is 5.32 Å². The summed E-state index contributed by atoms with van der Waals surface area (Å²) >= 11 is 6.62. The molecule has 1 unspecified atom stereocenters. The van der Waals surface area contributed by atoms with Crippen molar-refractivity contribution >= 4 is 37.8 Å². The Hall–Kier alpha value is -0.420. The fraction of sp³-hybridized carbons (Fsp3) is 0.417. The van der Waals surface area contributed by atoms with Crippen LogP contribution in [0.4, 0.5) is 4.39 Å². The predicted molar refractivity (Wildman–Crippen MR) is 74.0 cm³/mol. The molecule has 1 aromatic rings. The highest BCUT2D eigenvalue weighted by Crippen LogP contribution is 2.21. The molecule has 0 heterocycles. The van der Waals surface area contributed by atoms with E-state index in [0.29, 0.717) is 10.0 Å². The second-order valence-electron chi connectivity index (χ2n) is 4.42. The van der Waals surface area contributed by atoms with Crippen LogP contribution in [0.25, 0.3) is 0 Å². The van der Waals surface area contributed by atoms with E-state index in [1.165, 1.54) is 18.2 Å². The summed E-state index contributed by atoms with van der Waals surface area (Å²) in [6.45, 7) is 5.80. The Morgan fingerprint density at radius 2 is 2.06 bits per heavy atom. The molecule has 0 aliphatic carbocycles. The van der Waals surface area contributed by atoms with E-state index in [1.807, 2.05) is 20.8 Å². The lowest BCUT2D eigenvalue weighted by Crippen LogP contribution is -2.48. The average molecular weight is 367 g/mol. The maximum Gasteiger partial charge on any atom is 0.252 e. The fourth-order valence-electron chi connectivity index (χ4n) is 1.13. The van der Waals surface area contributed by atoms with Crippen LogP contribution in [0.5, 0.6) is 0 Å². The molecule has 1 amide bonds. The van der Waals surface area contributed by atoms with E-state index in [4.69, 9.17) is 0 Å². The normalized spacial score (nSPS) is 13.3. The number of rotatable bonds is 3. The van der Waals surface area contributed by atoms with E-state index < -0.39 is 0 Å². The summed E-state index contributed by atoms with van der Waals surface area (Å²) in [5.74, 6) is -0.602. The van der Waals surface area contributed by atoms with Gasteiger partial charge in [0.15, 0.2) is 0 Å². The van der Waals surface area contributed by atoms with E-state index in [0.717, 1.165) is 0 Å². The molecule has 0 saturated carbocycles. The van der Waals surface area contributed by atoms with Crippen molar-refractivity contribution in [3.05, 3.63) is 34.1 Å². The van der Waals surface area contributed by atoms with Crippen molar-refractivity contribution in [2.24, 2.45) is 0 Å². The zero-order valence-electron chi connectivity index (χ0n) is 9.85. The van der Waals surface area contributed by atoms with Gasteiger partial charge in [-0.25, -0.2) is 4.39 Å². The molecule has 5 heteroatoms. The van der Waals surface area contributed by atoms with Crippen molar-refractivity contribution in [2.75, 3.05) is 0 Å². The summed E-state index contributed by atoms with van der Waals surface area (Å²) in [6, 6.07) is 4.01. The molecule has 2 nitrogen and oxygen atoms in total. The van der Waals surface area contributed by atoms with Gasteiger partial charge in [0.05, 0.1) is 5.56 Å². The quantitative estimate of drug-likeness (QED) is 0.808. The van der Waals surface area contributed by atoms with Crippen molar-refractivity contribution < 1.29 is 9.18 Å². The zero-order chi connectivity index (χ0) is 13.2. The molecular formula is C12H14Br2FNO. The number of hydrogen-bond acceptors (Lipinski definition) is 1. The second-order valence-corrected chi connectivity index (χ2v) is 6.64. The third-order valence-corrected chi connectivity index (χ3v) is 4.41. The summed E-state index contributed by atoms with van der Waals surface area (Å²) < 4.78 is 13.4. The molecule has 1 atom stereocenters. The molecule has 0 aliphatic heterocycles. The van der Waals surface area contributed by atoms with Crippen LogP contribution in [0.15, 0.2) is 22.7 Å². The minimum Gasteiger partial charge on any atom is -0.346 e. The Morgan fingerprint density at radius 1 is 1.47 bits per heavy atom. The molecule has 17 heavy (non-hydrogen) atoms. The van der Waals surface area contributed by atoms with Crippen LogP contribution in [-0.2, 0) is 0 Å². The maximum atomic E-state index is 12.9. The SMILES string of the molecule is CC(Br)C(C)(C)NC(=O)c1ccc(F)cc1Br. The highest BCUT2D eigenvalue weighted by Gasteiger charge is 2.26. The Balaban J connectivity index is 2.91. The number of alkyl halides is 1. The van der Waals surface area contributed by atoms with Gasteiger partial charge in [0.2, 0.25) is 0 Å². The number of benzene rings is 1. The zero-order valence-corrected chi connectivity index (χ0v) is 13.0. The van der Waals surface area contributed by atoms with Crippen LogP contribution >= 0.6 is 31.9 Å². The smallest absolute Gasteiger partial charge is 0.252 e. The third kappa shape index (κ3) is 3.78. The number of nitrogens with one attached hydrogen (secondary N) is 1. The van der Waals surface area contributed by atoms with Crippen LogP contribution in [0.2, 0.25) is 0 Å². The second kappa shape index (κ2) is 5.48. The summed E-state index contributed by atoms with van der Waals surface area (Å²) in [7, 11) is 0. The van der Waals surface area contributed by atoms with Gasteiger partial charge in [-0.3, -0.25) is 4.79 Å². The number of halogens is 3. The molecule has 0 aliphatic rings. The Morgan fingerprint density at radius 3 is 2.53 bits per heavy atom. The van der Waals surface area contributed by atoms with Gasteiger partial charge in [0.1, 0.15) is 5.82 Å². The lowest BCUT2D eigenvalue weighted by Gasteiger charge is -2.29. The van der Waals surface area contributed by atoms with Crippen molar-refractivity contribution in [3.63, 3.8) is 0 Å². The van der Waals surface area contributed by atoms with Crippen LogP contribution in [-0.4, -0.2) is 16.3 Å². The van der Waals surface area contributed by atoms with Crippen LogP contribution in [0.3, 0.4) is 0 Å². The Labute approximate surface area is 117 Å². The number of hydrogen-bond donors (Lipinski definition) is 1. The van der Waals surface area contributed by atoms with Crippen LogP contribution in [0, 0.1) is 5.82 Å². The Kier molecular flexibility index (Phi) is 4.72. The average Bonchev–Trinajstić information content (AvgIpc) is 2.15. The molecular weight excluding hydrogens is 353 g/mol. The van der Waals surface area contributed by atoms with Gasteiger partial charge in [-0.2, -0.15) is 0 Å². The molecule has 1 rings (SSSR count). The molecule has 0 radical (unpaired) electrons. The maximum absolute atomic E-state index is 12.9. The standard InChI is InChI=1S/C12H14Br2FNO/c1-7(13)12(2,3)16-11(17)9-5-4-8(15)6-10(9)14/h4-7H,1-3H3,(H,16,17). The molecule has 94 valence electrons. The molecule has 0 fully saturated rings. The van der Waals surface area contributed by atoms with E-state index in [9.17, 15) is 9.18 Å². The van der Waals surface area contributed by atoms with Gasteiger partial charge in [0, 0.05) is 14.8 Å². The van der Waals surface area contributed by atoms with Crippen molar-refractivity contribution in [1.29, 1.82) is 0 Å². The first-order valence-corrected chi connectivity index (χ1v) is 6.86. The molecule has 1 aromatic carbocycles. The van der Waals surface area contributed by atoms with E-state index in [1.54, 1.807) is 0 Å². The highest BCUT2D eigenvalue weighted by atomic mass is 79.9. The van der Waals surface area contributed by atoms with Crippen molar-refractivity contribution in [3.8, 4) is 0 Å². The van der Waals surface area contributed by atoms with Gasteiger partial charge in [0.25, 0.3) is 5.91 Å². The monoisotopic (exact) mass is 365 g/mol. The number of carbonyl (C=O) groups is 1. The van der Waals surface area contributed by atoms with E-state index in [2.05, 4.69) is 37.2 Å². The van der Waals surface area contributed by atoms with Gasteiger partial charge in [-0.05, 0) is 48.0 Å². The predicted octanol–water partition coefficient (Wildman–Crippen LogP) is 3.88. The van der Waals surface area contributed by atoms with Crippen LogP contribution < -0.4 is 5.32 Å². The first-order chi connectivity index (χ1) is 7.74. The largest absolute Gasteiger partial charge is 0.346 e. The molecule has 0 aromatic heterocycles. The molecule has 0 bridgehead atoms. The Bertz CT molecular complexity index is 433.